The predicted molar refractivity (Wildman–Crippen MR) is 72.1 cm³/mol. The second kappa shape index (κ2) is 3.95. The lowest BCUT2D eigenvalue weighted by atomic mass is 9.82. The molecule has 0 atom stereocenters. The first-order valence-electron chi connectivity index (χ1n) is 5.50. The summed E-state index contributed by atoms with van der Waals surface area (Å²) >= 11 is 3.51. The van der Waals surface area contributed by atoms with Crippen molar-refractivity contribution in [1.82, 2.24) is 5.43 Å². The summed E-state index contributed by atoms with van der Waals surface area (Å²) in [6, 6.07) is 4.13. The van der Waals surface area contributed by atoms with Gasteiger partial charge >= 0.3 is 0 Å². The quantitative estimate of drug-likeness (QED) is 0.850. The summed E-state index contributed by atoms with van der Waals surface area (Å²) in [4.78, 5) is 11.7. The smallest absolute Gasteiger partial charge is 0.251 e. The van der Waals surface area contributed by atoms with Crippen molar-refractivity contribution in [2.75, 3.05) is 0 Å². The van der Waals surface area contributed by atoms with Crippen LogP contribution in [0.15, 0.2) is 21.7 Å². The third-order valence-corrected chi connectivity index (χ3v) is 4.04. The predicted octanol–water partition coefficient (Wildman–Crippen LogP) is 2.93. The van der Waals surface area contributed by atoms with E-state index in [4.69, 9.17) is 0 Å². The summed E-state index contributed by atoms with van der Waals surface area (Å²) in [6.07, 6.45) is 0. The number of nitrogens with zero attached hydrogens (tertiary/aromatic N) is 1. The van der Waals surface area contributed by atoms with Gasteiger partial charge in [-0.2, -0.15) is 5.10 Å². The molecule has 1 amide bonds. The van der Waals surface area contributed by atoms with E-state index in [0.29, 0.717) is 0 Å². The maximum Gasteiger partial charge on any atom is 0.251 e. The van der Waals surface area contributed by atoms with Gasteiger partial charge in [0.05, 0.1) is 11.1 Å². The van der Waals surface area contributed by atoms with Gasteiger partial charge in [0.1, 0.15) is 0 Å². The van der Waals surface area contributed by atoms with Crippen molar-refractivity contribution in [2.45, 2.75) is 27.7 Å². The summed E-state index contributed by atoms with van der Waals surface area (Å²) in [7, 11) is 0. The van der Waals surface area contributed by atoms with Gasteiger partial charge in [-0.1, -0.05) is 15.9 Å². The van der Waals surface area contributed by atoms with Crippen molar-refractivity contribution in [1.29, 1.82) is 0 Å². The van der Waals surface area contributed by atoms with E-state index in [2.05, 4.69) is 38.6 Å². The number of nitrogens with one attached hydrogen (secondary N) is 1. The number of hydrazone groups is 1. The van der Waals surface area contributed by atoms with Crippen molar-refractivity contribution in [3.63, 3.8) is 0 Å². The number of carbonyl (C=O) groups is 1. The van der Waals surface area contributed by atoms with E-state index in [0.717, 1.165) is 26.9 Å². The number of rotatable bonds is 1. The normalized spacial score (nSPS) is 17.9. The molecule has 0 aliphatic carbocycles. The van der Waals surface area contributed by atoms with Gasteiger partial charge in [-0.25, -0.2) is 5.43 Å². The zero-order valence-corrected chi connectivity index (χ0v) is 12.0. The van der Waals surface area contributed by atoms with E-state index >= 15 is 0 Å². The summed E-state index contributed by atoms with van der Waals surface area (Å²) < 4.78 is 1.08. The Hall–Kier alpha value is -1.16. The number of hydrogen-bond donors (Lipinski definition) is 1. The van der Waals surface area contributed by atoms with Gasteiger partial charge in [0.25, 0.3) is 5.91 Å². The van der Waals surface area contributed by atoms with E-state index < -0.39 is 5.41 Å². The number of amides is 1. The molecule has 0 aromatic heterocycles. The monoisotopic (exact) mass is 294 g/mol. The lowest BCUT2D eigenvalue weighted by Crippen LogP contribution is -2.32. The van der Waals surface area contributed by atoms with Crippen LogP contribution in [0, 0.1) is 19.3 Å². The van der Waals surface area contributed by atoms with Crippen LogP contribution in [-0.2, 0) is 4.79 Å². The molecule has 4 heteroatoms. The highest BCUT2D eigenvalue weighted by atomic mass is 79.9. The summed E-state index contributed by atoms with van der Waals surface area (Å²) in [5.74, 6) is -0.0486. The standard InChI is InChI=1S/C13H15BrN2O/c1-7-6-10(14)8(2)5-9(7)11-13(3,4)12(17)16-15-11/h5-6H,1-4H3,(H,16,17). The van der Waals surface area contributed by atoms with E-state index in [9.17, 15) is 4.79 Å². The third kappa shape index (κ3) is 1.90. The fourth-order valence-electron chi connectivity index (χ4n) is 1.93. The molecule has 2 rings (SSSR count). The maximum absolute atomic E-state index is 11.7. The van der Waals surface area contributed by atoms with E-state index in [1.165, 1.54) is 0 Å². The molecule has 1 aliphatic rings. The van der Waals surface area contributed by atoms with Crippen molar-refractivity contribution >= 4 is 27.5 Å². The highest BCUT2D eigenvalue weighted by Gasteiger charge is 2.39. The molecule has 1 heterocycles. The molecule has 17 heavy (non-hydrogen) atoms. The Morgan fingerprint density at radius 2 is 1.88 bits per heavy atom. The second-order valence-electron chi connectivity index (χ2n) is 4.94. The van der Waals surface area contributed by atoms with Crippen molar-refractivity contribution < 1.29 is 4.79 Å². The molecule has 0 unspecified atom stereocenters. The molecule has 3 nitrogen and oxygen atoms in total. The molecule has 1 aromatic rings. The zero-order valence-electron chi connectivity index (χ0n) is 10.4. The van der Waals surface area contributed by atoms with Crippen LogP contribution < -0.4 is 5.43 Å². The maximum atomic E-state index is 11.7. The molecule has 90 valence electrons. The first-order chi connectivity index (χ1) is 7.84. The Morgan fingerprint density at radius 3 is 2.41 bits per heavy atom. The Balaban J connectivity index is 2.56. The average molecular weight is 295 g/mol. The lowest BCUT2D eigenvalue weighted by Gasteiger charge is -2.19. The summed E-state index contributed by atoms with van der Waals surface area (Å²) in [5.41, 5.74) is 6.10. The van der Waals surface area contributed by atoms with Gasteiger partial charge in [-0.3, -0.25) is 4.79 Å². The number of aryl methyl sites for hydroxylation is 2. The van der Waals surface area contributed by atoms with Crippen LogP contribution >= 0.6 is 15.9 Å². The molecule has 1 aliphatic heterocycles. The highest BCUT2D eigenvalue weighted by Crippen LogP contribution is 2.30. The largest absolute Gasteiger partial charge is 0.272 e. The molecule has 0 bridgehead atoms. The minimum atomic E-state index is -0.564. The zero-order chi connectivity index (χ0) is 12.8. The second-order valence-corrected chi connectivity index (χ2v) is 5.80. The van der Waals surface area contributed by atoms with Gasteiger partial charge < -0.3 is 0 Å². The van der Waals surface area contributed by atoms with Crippen LogP contribution in [-0.4, -0.2) is 11.6 Å². The van der Waals surface area contributed by atoms with E-state index in [1.807, 2.05) is 27.7 Å². The van der Waals surface area contributed by atoms with Crippen LogP contribution in [0.5, 0.6) is 0 Å². The Kier molecular flexibility index (Phi) is 2.86. The van der Waals surface area contributed by atoms with Gasteiger partial charge in [-0.15, -0.1) is 0 Å². The molecule has 0 saturated heterocycles. The molecule has 1 N–H and O–H groups in total. The number of benzene rings is 1. The lowest BCUT2D eigenvalue weighted by molar-refractivity contribution is -0.125. The Morgan fingerprint density at radius 1 is 1.24 bits per heavy atom. The first kappa shape index (κ1) is 12.3. The molecular weight excluding hydrogens is 280 g/mol. The molecule has 0 spiro atoms. The van der Waals surface area contributed by atoms with Gasteiger partial charge in [0.15, 0.2) is 0 Å². The number of hydrogen-bond acceptors (Lipinski definition) is 2. The highest BCUT2D eigenvalue weighted by molar-refractivity contribution is 9.10. The number of halogens is 1. The number of carbonyl (C=O) groups excluding carboxylic acids is 1. The SMILES string of the molecule is Cc1cc(C2=NNC(=O)C2(C)C)c(C)cc1Br. The molecule has 0 saturated carbocycles. The van der Waals surface area contributed by atoms with Crippen LogP contribution in [0.25, 0.3) is 0 Å². The van der Waals surface area contributed by atoms with Crippen molar-refractivity contribution in [3.05, 3.63) is 33.3 Å². The summed E-state index contributed by atoms with van der Waals surface area (Å²) in [5, 5.41) is 4.17. The Bertz CT molecular complexity index is 532. The third-order valence-electron chi connectivity index (χ3n) is 3.19. The summed E-state index contributed by atoms with van der Waals surface area (Å²) in [6.45, 7) is 7.85. The van der Waals surface area contributed by atoms with Crippen molar-refractivity contribution in [2.24, 2.45) is 10.5 Å². The topological polar surface area (TPSA) is 41.5 Å². The first-order valence-corrected chi connectivity index (χ1v) is 6.29. The van der Waals surface area contributed by atoms with Gasteiger partial charge in [0.2, 0.25) is 0 Å². The molecule has 0 fully saturated rings. The van der Waals surface area contributed by atoms with Crippen LogP contribution in [0.4, 0.5) is 0 Å². The van der Waals surface area contributed by atoms with E-state index in [-0.39, 0.29) is 5.91 Å². The van der Waals surface area contributed by atoms with Crippen molar-refractivity contribution in [3.8, 4) is 0 Å². The van der Waals surface area contributed by atoms with Crippen LogP contribution in [0.1, 0.15) is 30.5 Å². The van der Waals surface area contributed by atoms with Gasteiger partial charge in [0, 0.05) is 10.0 Å². The van der Waals surface area contributed by atoms with E-state index in [1.54, 1.807) is 0 Å². The molecule has 0 radical (unpaired) electrons. The average Bonchev–Trinajstić information content (AvgIpc) is 2.49. The molecular formula is C13H15BrN2O. The van der Waals surface area contributed by atoms with Gasteiger partial charge in [-0.05, 0) is 51.0 Å². The Labute approximate surface area is 109 Å². The fraction of sp³-hybridized carbons (Fsp3) is 0.385. The molecule has 1 aromatic carbocycles. The minimum Gasteiger partial charge on any atom is -0.272 e. The minimum absolute atomic E-state index is 0.0486. The van der Waals surface area contributed by atoms with Crippen LogP contribution in [0.2, 0.25) is 0 Å². The van der Waals surface area contributed by atoms with Crippen LogP contribution in [0.3, 0.4) is 0 Å². The fourth-order valence-corrected chi connectivity index (χ4v) is 2.38.